The van der Waals surface area contributed by atoms with Crippen molar-refractivity contribution in [2.45, 2.75) is 46.5 Å². The van der Waals surface area contributed by atoms with E-state index in [0.717, 1.165) is 57.8 Å². The van der Waals surface area contributed by atoms with Crippen molar-refractivity contribution in [1.29, 1.82) is 0 Å². The molecule has 19 heavy (non-hydrogen) atoms. The minimum Gasteiger partial charge on any atom is -0.354 e. The largest absolute Gasteiger partial charge is 0.354 e. The van der Waals surface area contributed by atoms with E-state index >= 15 is 0 Å². The van der Waals surface area contributed by atoms with Crippen molar-refractivity contribution in [2.75, 3.05) is 32.7 Å². The molecule has 0 aliphatic heterocycles. The van der Waals surface area contributed by atoms with Crippen molar-refractivity contribution >= 4 is 5.91 Å². The normalized spacial score (nSPS) is 27.5. The van der Waals surface area contributed by atoms with Crippen LogP contribution < -0.4 is 11.1 Å². The van der Waals surface area contributed by atoms with Crippen molar-refractivity contribution in [3.8, 4) is 0 Å². The SMILES string of the molecule is CCN(CC)CCNC(=O)C1(CN)CCC(C)CC1. The molecule has 1 rings (SSSR count). The number of nitrogens with one attached hydrogen (secondary N) is 1. The van der Waals surface area contributed by atoms with Gasteiger partial charge in [0.05, 0.1) is 5.41 Å². The Morgan fingerprint density at radius 2 is 1.89 bits per heavy atom. The molecule has 1 fully saturated rings. The summed E-state index contributed by atoms with van der Waals surface area (Å²) in [5.41, 5.74) is 5.60. The molecule has 0 aromatic heterocycles. The lowest BCUT2D eigenvalue weighted by molar-refractivity contribution is -0.132. The van der Waals surface area contributed by atoms with E-state index in [0.29, 0.717) is 6.54 Å². The van der Waals surface area contributed by atoms with Gasteiger partial charge < -0.3 is 16.0 Å². The lowest BCUT2D eigenvalue weighted by Gasteiger charge is -2.37. The molecule has 0 spiro atoms. The summed E-state index contributed by atoms with van der Waals surface area (Å²) < 4.78 is 0. The van der Waals surface area contributed by atoms with E-state index in [9.17, 15) is 4.79 Å². The third-order valence-electron chi connectivity index (χ3n) is 4.71. The summed E-state index contributed by atoms with van der Waals surface area (Å²) >= 11 is 0. The topological polar surface area (TPSA) is 58.4 Å². The molecular weight excluding hydrogens is 238 g/mol. The van der Waals surface area contributed by atoms with Crippen LogP contribution in [-0.2, 0) is 4.79 Å². The second kappa shape index (κ2) is 7.85. The molecule has 0 aromatic rings. The molecule has 1 saturated carbocycles. The Balaban J connectivity index is 2.42. The van der Waals surface area contributed by atoms with Gasteiger partial charge in [0, 0.05) is 19.6 Å². The molecule has 3 N–H and O–H groups in total. The van der Waals surface area contributed by atoms with Gasteiger partial charge in [0.15, 0.2) is 0 Å². The lowest BCUT2D eigenvalue weighted by atomic mass is 9.70. The molecule has 1 aliphatic carbocycles. The Labute approximate surface area is 118 Å². The van der Waals surface area contributed by atoms with Crippen LogP contribution in [0.4, 0.5) is 0 Å². The van der Waals surface area contributed by atoms with Crippen LogP contribution in [0.2, 0.25) is 0 Å². The molecule has 0 atom stereocenters. The minimum atomic E-state index is -0.296. The second-order valence-corrected chi connectivity index (χ2v) is 5.95. The van der Waals surface area contributed by atoms with E-state index in [1.165, 1.54) is 0 Å². The van der Waals surface area contributed by atoms with Gasteiger partial charge in [0.2, 0.25) is 5.91 Å². The van der Waals surface area contributed by atoms with E-state index < -0.39 is 0 Å². The quantitative estimate of drug-likeness (QED) is 0.738. The fourth-order valence-corrected chi connectivity index (χ4v) is 2.89. The Morgan fingerprint density at radius 1 is 1.32 bits per heavy atom. The molecule has 1 aliphatic rings. The summed E-state index contributed by atoms with van der Waals surface area (Å²) in [7, 11) is 0. The first-order valence-corrected chi connectivity index (χ1v) is 7.78. The molecule has 0 radical (unpaired) electrons. The highest BCUT2D eigenvalue weighted by molar-refractivity contribution is 5.83. The molecule has 0 bridgehead atoms. The van der Waals surface area contributed by atoms with Gasteiger partial charge in [0.25, 0.3) is 0 Å². The predicted molar refractivity (Wildman–Crippen MR) is 79.9 cm³/mol. The summed E-state index contributed by atoms with van der Waals surface area (Å²) in [6.45, 7) is 10.8. The second-order valence-electron chi connectivity index (χ2n) is 5.95. The number of carbonyl (C=O) groups excluding carboxylic acids is 1. The summed E-state index contributed by atoms with van der Waals surface area (Å²) in [5.74, 6) is 0.914. The summed E-state index contributed by atoms with van der Waals surface area (Å²) in [4.78, 5) is 14.7. The maximum Gasteiger partial charge on any atom is 0.227 e. The van der Waals surface area contributed by atoms with E-state index in [-0.39, 0.29) is 11.3 Å². The number of amides is 1. The number of carbonyl (C=O) groups is 1. The molecule has 1 amide bonds. The third-order valence-corrected chi connectivity index (χ3v) is 4.71. The van der Waals surface area contributed by atoms with Gasteiger partial charge >= 0.3 is 0 Å². The maximum atomic E-state index is 12.4. The fourth-order valence-electron chi connectivity index (χ4n) is 2.89. The van der Waals surface area contributed by atoms with Crippen molar-refractivity contribution in [3.05, 3.63) is 0 Å². The van der Waals surface area contributed by atoms with E-state index in [1.807, 2.05) is 0 Å². The zero-order chi connectivity index (χ0) is 14.3. The first kappa shape index (κ1) is 16.4. The number of nitrogens with zero attached hydrogens (tertiary/aromatic N) is 1. The first-order valence-electron chi connectivity index (χ1n) is 7.78. The van der Waals surface area contributed by atoms with Crippen molar-refractivity contribution in [3.63, 3.8) is 0 Å². The average Bonchev–Trinajstić information content (AvgIpc) is 2.44. The number of rotatable bonds is 7. The van der Waals surface area contributed by atoms with Crippen LogP contribution in [0.5, 0.6) is 0 Å². The van der Waals surface area contributed by atoms with E-state index in [4.69, 9.17) is 5.73 Å². The standard InChI is InChI=1S/C15H31N3O/c1-4-18(5-2)11-10-17-14(19)15(12-16)8-6-13(3)7-9-15/h13H,4-12,16H2,1-3H3,(H,17,19). The van der Waals surface area contributed by atoms with Gasteiger partial charge in [-0.05, 0) is 44.7 Å². The number of hydrogen-bond acceptors (Lipinski definition) is 3. The van der Waals surface area contributed by atoms with Crippen molar-refractivity contribution in [1.82, 2.24) is 10.2 Å². The maximum absolute atomic E-state index is 12.4. The van der Waals surface area contributed by atoms with Crippen LogP contribution in [-0.4, -0.2) is 43.5 Å². The summed E-state index contributed by atoms with van der Waals surface area (Å²) in [5, 5.41) is 3.10. The van der Waals surface area contributed by atoms with E-state index in [2.05, 4.69) is 31.0 Å². The number of likely N-dealkylation sites (N-methyl/N-ethyl adjacent to an activating group) is 1. The summed E-state index contributed by atoms with van der Waals surface area (Å²) in [6, 6.07) is 0. The van der Waals surface area contributed by atoms with Crippen molar-refractivity contribution in [2.24, 2.45) is 17.1 Å². The zero-order valence-corrected chi connectivity index (χ0v) is 12.9. The van der Waals surface area contributed by atoms with Crippen LogP contribution >= 0.6 is 0 Å². The van der Waals surface area contributed by atoms with Gasteiger partial charge in [-0.1, -0.05) is 20.8 Å². The van der Waals surface area contributed by atoms with Gasteiger partial charge in [-0.25, -0.2) is 0 Å². The highest BCUT2D eigenvalue weighted by Gasteiger charge is 2.39. The molecule has 0 unspecified atom stereocenters. The van der Waals surface area contributed by atoms with Gasteiger partial charge in [0.1, 0.15) is 0 Å². The molecule has 112 valence electrons. The monoisotopic (exact) mass is 269 g/mol. The number of hydrogen-bond donors (Lipinski definition) is 2. The van der Waals surface area contributed by atoms with Crippen LogP contribution in [0, 0.1) is 11.3 Å². The molecule has 4 nitrogen and oxygen atoms in total. The Bertz CT molecular complexity index is 269. The van der Waals surface area contributed by atoms with Gasteiger partial charge in [-0.3, -0.25) is 4.79 Å². The number of nitrogens with two attached hydrogens (primary N) is 1. The molecule has 4 heteroatoms. The third kappa shape index (κ3) is 4.46. The van der Waals surface area contributed by atoms with Gasteiger partial charge in [-0.15, -0.1) is 0 Å². The fraction of sp³-hybridized carbons (Fsp3) is 0.933. The smallest absolute Gasteiger partial charge is 0.227 e. The molecule has 0 aromatic carbocycles. The van der Waals surface area contributed by atoms with Gasteiger partial charge in [-0.2, -0.15) is 0 Å². The Kier molecular flexibility index (Phi) is 6.80. The zero-order valence-electron chi connectivity index (χ0n) is 12.9. The molecule has 0 heterocycles. The Hall–Kier alpha value is -0.610. The Morgan fingerprint density at radius 3 is 2.37 bits per heavy atom. The van der Waals surface area contributed by atoms with Crippen LogP contribution in [0.1, 0.15) is 46.5 Å². The van der Waals surface area contributed by atoms with E-state index in [1.54, 1.807) is 0 Å². The first-order chi connectivity index (χ1) is 9.07. The lowest BCUT2D eigenvalue weighted by Crippen LogP contribution is -2.49. The summed E-state index contributed by atoms with van der Waals surface area (Å²) in [6.07, 6.45) is 4.14. The average molecular weight is 269 g/mol. The van der Waals surface area contributed by atoms with Crippen LogP contribution in [0.3, 0.4) is 0 Å². The molecular formula is C15H31N3O. The predicted octanol–water partition coefficient (Wildman–Crippen LogP) is 1.60. The van der Waals surface area contributed by atoms with Crippen LogP contribution in [0.25, 0.3) is 0 Å². The highest BCUT2D eigenvalue weighted by atomic mass is 16.2. The van der Waals surface area contributed by atoms with Crippen molar-refractivity contribution < 1.29 is 4.79 Å². The molecule has 0 saturated heterocycles. The highest BCUT2D eigenvalue weighted by Crippen LogP contribution is 2.38. The van der Waals surface area contributed by atoms with Crippen LogP contribution in [0.15, 0.2) is 0 Å². The minimum absolute atomic E-state index is 0.175.